The van der Waals surface area contributed by atoms with Crippen molar-refractivity contribution in [2.75, 3.05) is 13.1 Å². The molecule has 3 heterocycles. The Labute approximate surface area is 153 Å². The van der Waals surface area contributed by atoms with Gasteiger partial charge >= 0.3 is 6.18 Å². The van der Waals surface area contributed by atoms with Crippen molar-refractivity contribution >= 4 is 17.1 Å². The molecule has 0 aliphatic carbocycles. The molecule has 5 nitrogen and oxygen atoms in total. The minimum atomic E-state index is -4.47. The maximum absolute atomic E-state index is 12.9. The molecule has 1 atom stereocenters. The molecule has 8 heteroatoms. The van der Waals surface area contributed by atoms with Crippen LogP contribution in [0, 0.1) is 0 Å². The second kappa shape index (κ2) is 6.37. The van der Waals surface area contributed by atoms with E-state index in [9.17, 15) is 18.0 Å². The largest absolute Gasteiger partial charge is 0.416 e. The van der Waals surface area contributed by atoms with Crippen LogP contribution in [-0.4, -0.2) is 38.4 Å². The molecule has 0 spiro atoms. The molecule has 2 aromatic heterocycles. The number of benzene rings is 1. The molecule has 4 rings (SSSR count). The van der Waals surface area contributed by atoms with Crippen molar-refractivity contribution in [3.05, 3.63) is 59.5 Å². The molecule has 1 saturated heterocycles. The highest BCUT2D eigenvalue weighted by atomic mass is 19.4. The van der Waals surface area contributed by atoms with Gasteiger partial charge in [0.15, 0.2) is 5.65 Å². The fraction of sp³-hybridized carbons (Fsp3) is 0.316. The summed E-state index contributed by atoms with van der Waals surface area (Å²) in [5.74, 6) is 0.475. The minimum absolute atomic E-state index is 0.0268. The van der Waals surface area contributed by atoms with Crippen molar-refractivity contribution in [3.63, 3.8) is 0 Å². The van der Waals surface area contributed by atoms with Crippen LogP contribution in [0.4, 0.5) is 13.2 Å². The van der Waals surface area contributed by atoms with E-state index in [0.717, 1.165) is 29.1 Å². The van der Waals surface area contributed by atoms with E-state index in [1.807, 2.05) is 23.7 Å². The smallest absolute Gasteiger partial charge is 0.338 e. The highest BCUT2D eigenvalue weighted by molar-refractivity contribution is 5.94. The number of fused-ring (bicyclic) bond motifs is 1. The molecule has 1 aromatic carbocycles. The van der Waals surface area contributed by atoms with Crippen LogP contribution in [0.2, 0.25) is 0 Å². The number of likely N-dealkylation sites (tertiary alicyclic amines) is 1. The lowest BCUT2D eigenvalue weighted by Gasteiger charge is -2.17. The van der Waals surface area contributed by atoms with Gasteiger partial charge in [-0.1, -0.05) is 6.07 Å². The summed E-state index contributed by atoms with van der Waals surface area (Å²) < 4.78 is 40.6. The van der Waals surface area contributed by atoms with Crippen molar-refractivity contribution in [2.45, 2.75) is 18.5 Å². The maximum Gasteiger partial charge on any atom is 0.416 e. The number of nitrogens with zero attached hydrogens (tertiary/aromatic N) is 4. The van der Waals surface area contributed by atoms with Crippen molar-refractivity contribution < 1.29 is 18.0 Å². The van der Waals surface area contributed by atoms with Crippen molar-refractivity contribution in [1.82, 2.24) is 19.4 Å². The van der Waals surface area contributed by atoms with Gasteiger partial charge in [-0.25, -0.2) is 9.97 Å². The van der Waals surface area contributed by atoms with Crippen molar-refractivity contribution in [2.24, 2.45) is 7.05 Å². The van der Waals surface area contributed by atoms with Crippen LogP contribution < -0.4 is 0 Å². The predicted molar refractivity (Wildman–Crippen MR) is 93.2 cm³/mol. The zero-order chi connectivity index (χ0) is 19.2. The Balaban J connectivity index is 1.56. The number of aromatic nitrogens is 3. The highest BCUT2D eigenvalue weighted by Gasteiger charge is 2.33. The van der Waals surface area contributed by atoms with E-state index in [1.165, 1.54) is 12.1 Å². The van der Waals surface area contributed by atoms with E-state index in [1.54, 1.807) is 11.1 Å². The average Bonchev–Trinajstić information content (AvgIpc) is 3.26. The van der Waals surface area contributed by atoms with E-state index in [0.29, 0.717) is 19.5 Å². The molecule has 1 aliphatic heterocycles. The van der Waals surface area contributed by atoms with Crippen molar-refractivity contribution in [1.29, 1.82) is 0 Å². The van der Waals surface area contributed by atoms with Crippen molar-refractivity contribution in [3.8, 4) is 0 Å². The van der Waals surface area contributed by atoms with Gasteiger partial charge in [0, 0.05) is 37.8 Å². The monoisotopic (exact) mass is 374 g/mol. The topological polar surface area (TPSA) is 51.0 Å². The number of amides is 1. The van der Waals surface area contributed by atoms with E-state index < -0.39 is 11.7 Å². The van der Waals surface area contributed by atoms with Gasteiger partial charge in [0.05, 0.1) is 5.56 Å². The molecule has 1 fully saturated rings. The number of aryl methyl sites for hydroxylation is 1. The lowest BCUT2D eigenvalue weighted by Crippen LogP contribution is -2.29. The fourth-order valence-corrected chi connectivity index (χ4v) is 3.57. The summed E-state index contributed by atoms with van der Waals surface area (Å²) in [7, 11) is 1.88. The lowest BCUT2D eigenvalue weighted by molar-refractivity contribution is -0.137. The molecule has 140 valence electrons. The summed E-state index contributed by atoms with van der Waals surface area (Å²) in [4.78, 5) is 23.2. The molecular formula is C19H17F3N4O. The van der Waals surface area contributed by atoms with Gasteiger partial charge in [-0.05, 0) is 36.8 Å². The summed E-state index contributed by atoms with van der Waals surface area (Å²) in [5, 5.41) is 0. The molecule has 0 unspecified atom stereocenters. The second-order valence-corrected chi connectivity index (χ2v) is 6.69. The Morgan fingerprint density at radius 3 is 2.78 bits per heavy atom. The van der Waals surface area contributed by atoms with Gasteiger partial charge in [-0.3, -0.25) is 4.79 Å². The lowest BCUT2D eigenvalue weighted by atomic mass is 10.1. The molecule has 27 heavy (non-hydrogen) atoms. The zero-order valence-corrected chi connectivity index (χ0v) is 14.6. The molecule has 1 amide bonds. The van der Waals surface area contributed by atoms with E-state index >= 15 is 0 Å². The number of halogens is 3. The number of rotatable bonds is 2. The van der Waals surface area contributed by atoms with Gasteiger partial charge in [-0.15, -0.1) is 0 Å². The molecule has 0 bridgehead atoms. The Kier molecular flexibility index (Phi) is 4.13. The summed E-state index contributed by atoms with van der Waals surface area (Å²) in [5.41, 5.74) is 0.801. The summed E-state index contributed by atoms with van der Waals surface area (Å²) in [6, 6.07) is 8.26. The number of carbonyl (C=O) groups is 1. The first-order chi connectivity index (χ1) is 12.8. The standard InChI is InChI=1S/C19H17F3N4O/c1-25-16(24-15-6-3-8-23-17(15)25)13-7-9-26(11-13)18(27)12-4-2-5-14(10-12)19(20,21)22/h2-6,8,10,13H,7,9,11H2,1H3/t13-/m0/s1. The van der Waals surface area contributed by atoms with Gasteiger partial charge in [0.2, 0.25) is 0 Å². The number of alkyl halides is 3. The Bertz CT molecular complexity index is 1010. The number of hydrogen-bond donors (Lipinski definition) is 0. The van der Waals surface area contributed by atoms with Crippen LogP contribution >= 0.6 is 0 Å². The van der Waals surface area contributed by atoms with Crippen LogP contribution in [0.1, 0.15) is 34.1 Å². The molecule has 0 radical (unpaired) electrons. The first kappa shape index (κ1) is 17.5. The van der Waals surface area contributed by atoms with Crippen LogP contribution in [0.5, 0.6) is 0 Å². The van der Waals surface area contributed by atoms with E-state index in [-0.39, 0.29) is 17.4 Å². The summed E-state index contributed by atoms with van der Waals surface area (Å²) in [6.07, 6.45) is -2.06. The molecule has 1 aliphatic rings. The van der Waals surface area contributed by atoms with Crippen LogP contribution in [0.3, 0.4) is 0 Å². The first-order valence-electron chi connectivity index (χ1n) is 8.58. The Morgan fingerprint density at radius 1 is 1.22 bits per heavy atom. The molecule has 3 aromatic rings. The van der Waals surface area contributed by atoms with Gasteiger partial charge < -0.3 is 9.47 Å². The fourth-order valence-electron chi connectivity index (χ4n) is 3.57. The van der Waals surface area contributed by atoms with E-state index in [2.05, 4.69) is 9.97 Å². The normalized spacial score (nSPS) is 17.6. The maximum atomic E-state index is 12.9. The highest BCUT2D eigenvalue weighted by Crippen LogP contribution is 2.32. The van der Waals surface area contributed by atoms with Gasteiger partial charge in [0.1, 0.15) is 11.3 Å². The number of hydrogen-bond acceptors (Lipinski definition) is 3. The molecule has 0 N–H and O–H groups in total. The van der Waals surface area contributed by atoms with E-state index in [4.69, 9.17) is 0 Å². The second-order valence-electron chi connectivity index (χ2n) is 6.69. The zero-order valence-electron chi connectivity index (χ0n) is 14.6. The molecule has 0 saturated carbocycles. The average molecular weight is 374 g/mol. The third kappa shape index (κ3) is 3.15. The number of imidazole rings is 1. The predicted octanol–water partition coefficient (Wildman–Crippen LogP) is 3.62. The molecular weight excluding hydrogens is 357 g/mol. The third-order valence-corrected chi connectivity index (χ3v) is 4.94. The van der Waals surface area contributed by atoms with Gasteiger partial charge in [0.25, 0.3) is 5.91 Å². The third-order valence-electron chi connectivity index (χ3n) is 4.94. The number of carbonyl (C=O) groups excluding carboxylic acids is 1. The first-order valence-corrected chi connectivity index (χ1v) is 8.58. The Hall–Kier alpha value is -2.90. The summed E-state index contributed by atoms with van der Waals surface area (Å²) >= 11 is 0. The quantitative estimate of drug-likeness (QED) is 0.689. The Morgan fingerprint density at radius 2 is 2.04 bits per heavy atom. The van der Waals surface area contributed by atoms with Crippen LogP contribution in [-0.2, 0) is 13.2 Å². The SMILES string of the molecule is Cn1c([C@H]2CCN(C(=O)c3cccc(C(F)(F)F)c3)C2)nc2cccnc21. The van der Waals surface area contributed by atoms with Crippen LogP contribution in [0.15, 0.2) is 42.6 Å². The number of pyridine rings is 1. The minimum Gasteiger partial charge on any atom is -0.338 e. The van der Waals surface area contributed by atoms with Gasteiger partial charge in [-0.2, -0.15) is 13.2 Å². The van der Waals surface area contributed by atoms with Crippen LogP contribution in [0.25, 0.3) is 11.2 Å². The summed E-state index contributed by atoms with van der Waals surface area (Å²) in [6.45, 7) is 0.905.